The second-order valence-corrected chi connectivity index (χ2v) is 8.16. The highest BCUT2D eigenvalue weighted by Crippen LogP contribution is 2.37. The van der Waals surface area contributed by atoms with Crippen molar-refractivity contribution in [3.05, 3.63) is 18.2 Å². The molecule has 1 heterocycles. The molecule has 5 heteroatoms. The van der Waals surface area contributed by atoms with E-state index in [-0.39, 0.29) is 4.90 Å². The number of hydrogen-bond donors (Lipinski definition) is 1. The summed E-state index contributed by atoms with van der Waals surface area (Å²) in [5, 5.41) is 0. The van der Waals surface area contributed by atoms with E-state index in [1.165, 1.54) is 12.7 Å². The molecule has 112 valence electrons. The Morgan fingerprint density at radius 2 is 1.90 bits per heavy atom. The van der Waals surface area contributed by atoms with E-state index in [0.717, 1.165) is 31.6 Å². The minimum Gasteiger partial charge on any atom is -0.397 e. The smallest absolute Gasteiger partial charge is 0.175 e. The highest BCUT2D eigenvalue weighted by Gasteiger charge is 2.29. The summed E-state index contributed by atoms with van der Waals surface area (Å²) in [5.41, 5.74) is 7.97. The maximum atomic E-state index is 11.5. The lowest BCUT2D eigenvalue weighted by atomic mass is 9.78. The van der Waals surface area contributed by atoms with Gasteiger partial charge in [-0.3, -0.25) is 0 Å². The SMILES string of the molecule is CCC1(C)CCN(c2ccc(S(C)(=O)=O)cc2N)CC1. The Balaban J connectivity index is 2.19. The van der Waals surface area contributed by atoms with Gasteiger partial charge in [0.15, 0.2) is 9.84 Å². The highest BCUT2D eigenvalue weighted by atomic mass is 32.2. The zero-order valence-corrected chi connectivity index (χ0v) is 13.3. The molecule has 1 saturated heterocycles. The third-order valence-electron chi connectivity index (χ3n) is 4.59. The van der Waals surface area contributed by atoms with Crippen LogP contribution in [0.4, 0.5) is 11.4 Å². The number of piperidine rings is 1. The van der Waals surface area contributed by atoms with Crippen LogP contribution in [-0.2, 0) is 9.84 Å². The summed E-state index contributed by atoms with van der Waals surface area (Å²) >= 11 is 0. The van der Waals surface area contributed by atoms with E-state index >= 15 is 0 Å². The van der Waals surface area contributed by atoms with Crippen LogP contribution in [0.15, 0.2) is 23.1 Å². The number of benzene rings is 1. The first-order valence-corrected chi connectivity index (χ1v) is 8.99. The van der Waals surface area contributed by atoms with Gasteiger partial charge in [-0.25, -0.2) is 8.42 Å². The highest BCUT2D eigenvalue weighted by molar-refractivity contribution is 7.90. The van der Waals surface area contributed by atoms with Crippen LogP contribution in [0.25, 0.3) is 0 Å². The largest absolute Gasteiger partial charge is 0.397 e. The Bertz CT molecular complexity index is 588. The molecule has 1 aliphatic heterocycles. The number of nitrogens with zero attached hydrogens (tertiary/aromatic N) is 1. The first-order chi connectivity index (χ1) is 9.25. The Morgan fingerprint density at radius 3 is 2.35 bits per heavy atom. The summed E-state index contributed by atoms with van der Waals surface area (Å²) in [6.45, 7) is 6.53. The van der Waals surface area contributed by atoms with Crippen molar-refractivity contribution < 1.29 is 8.42 Å². The Morgan fingerprint density at radius 1 is 1.30 bits per heavy atom. The summed E-state index contributed by atoms with van der Waals surface area (Å²) < 4.78 is 23.1. The molecule has 0 unspecified atom stereocenters. The zero-order valence-electron chi connectivity index (χ0n) is 12.5. The maximum absolute atomic E-state index is 11.5. The first-order valence-electron chi connectivity index (χ1n) is 7.10. The lowest BCUT2D eigenvalue weighted by Gasteiger charge is -2.40. The lowest BCUT2D eigenvalue weighted by molar-refractivity contribution is 0.238. The number of anilines is 2. The molecule has 1 aromatic rings. The van der Waals surface area contributed by atoms with Crippen LogP contribution in [0.1, 0.15) is 33.1 Å². The Hall–Kier alpha value is -1.23. The first kappa shape index (κ1) is 15.2. The van der Waals surface area contributed by atoms with Crippen molar-refractivity contribution in [3.8, 4) is 0 Å². The molecular formula is C15H24N2O2S. The number of sulfone groups is 1. The van der Waals surface area contributed by atoms with Crippen molar-refractivity contribution in [3.63, 3.8) is 0 Å². The Labute approximate surface area is 121 Å². The van der Waals surface area contributed by atoms with Crippen LogP contribution in [0.3, 0.4) is 0 Å². The molecule has 1 fully saturated rings. The van der Waals surface area contributed by atoms with E-state index in [1.54, 1.807) is 12.1 Å². The molecule has 20 heavy (non-hydrogen) atoms. The van der Waals surface area contributed by atoms with Gasteiger partial charge >= 0.3 is 0 Å². The van der Waals surface area contributed by atoms with Crippen molar-refractivity contribution in [1.29, 1.82) is 0 Å². The number of rotatable bonds is 3. The number of nitrogen functional groups attached to an aromatic ring is 1. The molecule has 1 aliphatic rings. The van der Waals surface area contributed by atoms with E-state index in [2.05, 4.69) is 18.7 Å². The van der Waals surface area contributed by atoms with Gasteiger partial charge in [-0.2, -0.15) is 0 Å². The van der Waals surface area contributed by atoms with E-state index in [0.29, 0.717) is 11.1 Å². The average molecular weight is 296 g/mol. The summed E-state index contributed by atoms with van der Waals surface area (Å²) in [4.78, 5) is 2.55. The molecule has 0 amide bonds. The molecule has 0 saturated carbocycles. The van der Waals surface area contributed by atoms with Crippen LogP contribution in [0.2, 0.25) is 0 Å². The molecule has 0 bridgehead atoms. The Kier molecular flexibility index (Phi) is 4.00. The second-order valence-electron chi connectivity index (χ2n) is 6.14. The number of hydrogen-bond acceptors (Lipinski definition) is 4. The van der Waals surface area contributed by atoms with Gasteiger partial charge < -0.3 is 10.6 Å². The van der Waals surface area contributed by atoms with E-state index in [9.17, 15) is 8.42 Å². The lowest BCUT2D eigenvalue weighted by Crippen LogP contribution is -2.38. The van der Waals surface area contributed by atoms with Crippen LogP contribution in [0.5, 0.6) is 0 Å². The average Bonchev–Trinajstić information content (AvgIpc) is 2.39. The van der Waals surface area contributed by atoms with E-state index in [4.69, 9.17) is 5.73 Å². The fourth-order valence-corrected chi connectivity index (χ4v) is 3.35. The predicted molar refractivity (Wildman–Crippen MR) is 83.8 cm³/mol. The molecule has 0 spiro atoms. The summed E-state index contributed by atoms with van der Waals surface area (Å²) in [6.07, 6.45) is 4.70. The van der Waals surface area contributed by atoms with Crippen molar-refractivity contribution in [2.24, 2.45) is 5.41 Å². The van der Waals surface area contributed by atoms with Gasteiger partial charge in [-0.1, -0.05) is 20.3 Å². The normalized spacial score (nSPS) is 19.1. The zero-order chi connectivity index (χ0) is 15.0. The second kappa shape index (κ2) is 5.28. The minimum atomic E-state index is -3.19. The van der Waals surface area contributed by atoms with Gasteiger partial charge in [0.05, 0.1) is 16.3 Å². The van der Waals surface area contributed by atoms with Crippen molar-refractivity contribution in [2.75, 3.05) is 30.0 Å². The molecule has 2 rings (SSSR count). The molecule has 0 radical (unpaired) electrons. The third-order valence-corrected chi connectivity index (χ3v) is 5.70. The van der Waals surface area contributed by atoms with Crippen molar-refractivity contribution in [2.45, 2.75) is 38.0 Å². The molecule has 1 aromatic carbocycles. The van der Waals surface area contributed by atoms with Gasteiger partial charge in [0, 0.05) is 19.3 Å². The van der Waals surface area contributed by atoms with Gasteiger partial charge in [0.1, 0.15) is 0 Å². The monoisotopic (exact) mass is 296 g/mol. The van der Waals surface area contributed by atoms with Crippen molar-refractivity contribution >= 4 is 21.2 Å². The van der Waals surface area contributed by atoms with Gasteiger partial charge in [-0.05, 0) is 36.5 Å². The van der Waals surface area contributed by atoms with Gasteiger partial charge in [-0.15, -0.1) is 0 Å². The standard InChI is InChI=1S/C15H24N2O2S/c1-4-15(2)7-9-17(10-8-15)14-6-5-12(11-13(14)16)20(3,18)19/h5-6,11H,4,7-10,16H2,1-3H3. The van der Waals surface area contributed by atoms with Gasteiger partial charge in [0.2, 0.25) is 0 Å². The van der Waals surface area contributed by atoms with Crippen LogP contribution < -0.4 is 10.6 Å². The molecule has 0 aromatic heterocycles. The van der Waals surface area contributed by atoms with E-state index in [1.807, 2.05) is 6.07 Å². The topological polar surface area (TPSA) is 63.4 Å². The quantitative estimate of drug-likeness (QED) is 0.871. The fraction of sp³-hybridized carbons (Fsp3) is 0.600. The van der Waals surface area contributed by atoms with Crippen LogP contribution in [0, 0.1) is 5.41 Å². The molecule has 4 nitrogen and oxygen atoms in total. The summed E-state index contributed by atoms with van der Waals surface area (Å²) in [6, 6.07) is 5.05. The van der Waals surface area contributed by atoms with E-state index < -0.39 is 9.84 Å². The molecular weight excluding hydrogens is 272 g/mol. The van der Waals surface area contributed by atoms with Crippen LogP contribution >= 0.6 is 0 Å². The fourth-order valence-electron chi connectivity index (χ4n) is 2.69. The minimum absolute atomic E-state index is 0.286. The maximum Gasteiger partial charge on any atom is 0.175 e. The van der Waals surface area contributed by atoms with Crippen molar-refractivity contribution in [1.82, 2.24) is 0 Å². The summed E-state index contributed by atoms with van der Waals surface area (Å²) in [7, 11) is -3.19. The van der Waals surface area contributed by atoms with Gasteiger partial charge in [0.25, 0.3) is 0 Å². The molecule has 0 aliphatic carbocycles. The predicted octanol–water partition coefficient (Wildman–Crippen LogP) is 2.69. The summed E-state index contributed by atoms with van der Waals surface area (Å²) in [5.74, 6) is 0. The van der Waals surface area contributed by atoms with Crippen LogP contribution in [-0.4, -0.2) is 27.8 Å². The number of nitrogens with two attached hydrogens (primary N) is 1. The molecule has 0 atom stereocenters. The molecule has 2 N–H and O–H groups in total. The third kappa shape index (κ3) is 3.08.